The Morgan fingerprint density at radius 3 is 2.41 bits per heavy atom. The third kappa shape index (κ3) is 4.45. The minimum Gasteiger partial charge on any atom is -0.340 e. The van der Waals surface area contributed by atoms with Crippen molar-refractivity contribution in [1.82, 2.24) is 20.0 Å². The number of piperidine rings is 2. The van der Waals surface area contributed by atoms with Crippen LogP contribution in [0.4, 0.5) is 0 Å². The molecule has 0 bridgehead atoms. The molecule has 156 valence electrons. The summed E-state index contributed by atoms with van der Waals surface area (Å²) in [5, 5.41) is 3.11. The minimum absolute atomic E-state index is 0.0210. The molecule has 0 spiro atoms. The smallest absolute Gasteiger partial charge is 0.253 e. The lowest BCUT2D eigenvalue weighted by atomic mass is 9.93. The summed E-state index contributed by atoms with van der Waals surface area (Å²) in [6.45, 7) is 4.62. The second kappa shape index (κ2) is 8.95. The van der Waals surface area contributed by atoms with E-state index in [1.807, 2.05) is 45.0 Å². The van der Waals surface area contributed by atoms with E-state index in [2.05, 4.69) is 5.32 Å². The molecule has 1 unspecified atom stereocenters. The van der Waals surface area contributed by atoms with Crippen LogP contribution in [0.1, 0.15) is 36.0 Å². The van der Waals surface area contributed by atoms with Crippen molar-refractivity contribution in [2.45, 2.75) is 31.7 Å². The number of carbonyl (C=O) groups is 3. The van der Waals surface area contributed by atoms with Gasteiger partial charge in [0, 0.05) is 56.8 Å². The minimum atomic E-state index is -0.0210. The monoisotopic (exact) mass is 398 g/mol. The van der Waals surface area contributed by atoms with Crippen molar-refractivity contribution in [3.05, 3.63) is 35.9 Å². The summed E-state index contributed by atoms with van der Waals surface area (Å²) in [6, 6.07) is 9.47. The molecular weight excluding hydrogens is 368 g/mol. The maximum atomic E-state index is 13.1. The number of amides is 3. The van der Waals surface area contributed by atoms with Gasteiger partial charge in [-0.2, -0.15) is 0 Å². The Kier molecular flexibility index (Phi) is 6.13. The molecule has 29 heavy (non-hydrogen) atoms. The molecule has 4 rings (SSSR count). The van der Waals surface area contributed by atoms with Crippen molar-refractivity contribution in [3.63, 3.8) is 0 Å². The fraction of sp³-hybridized carbons (Fsp3) is 0.591. The Morgan fingerprint density at radius 1 is 0.931 bits per heavy atom. The lowest BCUT2D eigenvalue weighted by molar-refractivity contribution is -0.143. The normalized spacial score (nSPS) is 23.9. The van der Waals surface area contributed by atoms with E-state index in [4.69, 9.17) is 0 Å². The highest BCUT2D eigenvalue weighted by Gasteiger charge is 2.35. The molecule has 0 aromatic heterocycles. The lowest BCUT2D eigenvalue weighted by Crippen LogP contribution is -2.58. The van der Waals surface area contributed by atoms with Crippen LogP contribution >= 0.6 is 0 Å². The molecule has 0 aliphatic carbocycles. The summed E-state index contributed by atoms with van der Waals surface area (Å²) in [5.74, 6) is 0.367. The second-order valence-corrected chi connectivity index (χ2v) is 8.28. The average Bonchev–Trinajstić information content (AvgIpc) is 2.79. The second-order valence-electron chi connectivity index (χ2n) is 8.28. The number of carbonyl (C=O) groups excluding carboxylic acids is 3. The molecule has 7 heteroatoms. The molecule has 3 amide bonds. The molecule has 1 N–H and O–H groups in total. The van der Waals surface area contributed by atoms with Crippen LogP contribution in [0.2, 0.25) is 0 Å². The molecule has 3 saturated heterocycles. The predicted molar refractivity (Wildman–Crippen MR) is 109 cm³/mol. The first-order valence-electron chi connectivity index (χ1n) is 10.8. The molecule has 3 heterocycles. The van der Waals surface area contributed by atoms with Gasteiger partial charge in [-0.3, -0.25) is 14.4 Å². The van der Waals surface area contributed by atoms with Gasteiger partial charge in [0.05, 0.1) is 6.54 Å². The van der Waals surface area contributed by atoms with Gasteiger partial charge < -0.3 is 20.0 Å². The van der Waals surface area contributed by atoms with Gasteiger partial charge >= 0.3 is 0 Å². The lowest BCUT2D eigenvalue weighted by Gasteiger charge is -2.42. The first-order chi connectivity index (χ1) is 14.1. The summed E-state index contributed by atoms with van der Waals surface area (Å²) in [5.41, 5.74) is 0.705. The standard InChI is InChI=1S/C22H30N4O3/c27-20-15-23-10-14-26(20)19-7-4-11-25(16-19)22(29)18-8-12-24(13-9-18)21(28)17-5-2-1-3-6-17/h1-3,5-6,18-19,23H,4,7-16H2. The fourth-order valence-corrected chi connectivity index (χ4v) is 4.77. The summed E-state index contributed by atoms with van der Waals surface area (Å²) in [6.07, 6.45) is 3.34. The van der Waals surface area contributed by atoms with E-state index in [1.165, 1.54) is 0 Å². The molecule has 1 atom stereocenters. The number of hydrogen-bond donors (Lipinski definition) is 1. The van der Waals surface area contributed by atoms with Gasteiger partial charge in [0.25, 0.3) is 5.91 Å². The van der Waals surface area contributed by atoms with Gasteiger partial charge in [0.15, 0.2) is 0 Å². The quantitative estimate of drug-likeness (QED) is 0.823. The first-order valence-corrected chi connectivity index (χ1v) is 10.8. The van der Waals surface area contributed by atoms with E-state index in [0.717, 1.165) is 32.5 Å². The van der Waals surface area contributed by atoms with Crippen molar-refractivity contribution in [1.29, 1.82) is 0 Å². The van der Waals surface area contributed by atoms with Crippen molar-refractivity contribution < 1.29 is 14.4 Å². The summed E-state index contributed by atoms with van der Waals surface area (Å²) < 4.78 is 0. The predicted octanol–water partition coefficient (Wildman–Crippen LogP) is 0.962. The van der Waals surface area contributed by atoms with Gasteiger partial charge in [-0.15, -0.1) is 0 Å². The number of nitrogens with zero attached hydrogens (tertiary/aromatic N) is 3. The summed E-state index contributed by atoms with van der Waals surface area (Å²) in [4.78, 5) is 43.7. The highest BCUT2D eigenvalue weighted by molar-refractivity contribution is 5.94. The number of nitrogens with one attached hydrogen (secondary N) is 1. The number of hydrogen-bond acceptors (Lipinski definition) is 4. The highest BCUT2D eigenvalue weighted by atomic mass is 16.2. The Labute approximate surface area is 172 Å². The third-order valence-corrected chi connectivity index (χ3v) is 6.43. The van der Waals surface area contributed by atoms with Crippen LogP contribution in [0.15, 0.2) is 30.3 Å². The summed E-state index contributed by atoms with van der Waals surface area (Å²) in [7, 11) is 0. The number of rotatable bonds is 3. The number of benzene rings is 1. The van der Waals surface area contributed by atoms with Gasteiger partial charge in [0.2, 0.25) is 11.8 Å². The van der Waals surface area contributed by atoms with Crippen LogP contribution in [0.25, 0.3) is 0 Å². The molecule has 7 nitrogen and oxygen atoms in total. The Balaban J connectivity index is 1.31. The molecule has 1 aromatic rings. The Morgan fingerprint density at radius 2 is 1.69 bits per heavy atom. The van der Waals surface area contributed by atoms with Gasteiger partial charge in [-0.25, -0.2) is 0 Å². The van der Waals surface area contributed by atoms with E-state index < -0.39 is 0 Å². The molecule has 1 aromatic carbocycles. The molecule has 0 saturated carbocycles. The molecule has 3 aliphatic heterocycles. The largest absolute Gasteiger partial charge is 0.340 e. The average molecular weight is 399 g/mol. The van der Waals surface area contributed by atoms with Gasteiger partial charge in [-0.1, -0.05) is 18.2 Å². The zero-order valence-corrected chi connectivity index (χ0v) is 16.9. The van der Waals surface area contributed by atoms with Crippen LogP contribution in [-0.2, 0) is 9.59 Å². The fourth-order valence-electron chi connectivity index (χ4n) is 4.77. The SMILES string of the molecule is O=C(c1ccccc1)N1CCC(C(=O)N2CCCC(N3CCNCC3=O)C2)CC1. The van der Waals surface area contributed by atoms with E-state index in [1.54, 1.807) is 0 Å². The summed E-state index contributed by atoms with van der Waals surface area (Å²) >= 11 is 0. The van der Waals surface area contributed by atoms with Crippen LogP contribution in [0.3, 0.4) is 0 Å². The topological polar surface area (TPSA) is 73.0 Å². The van der Waals surface area contributed by atoms with Crippen LogP contribution in [0.5, 0.6) is 0 Å². The maximum absolute atomic E-state index is 13.1. The van der Waals surface area contributed by atoms with Gasteiger partial charge in [-0.05, 0) is 37.8 Å². The molecule has 0 radical (unpaired) electrons. The van der Waals surface area contributed by atoms with Gasteiger partial charge in [0.1, 0.15) is 0 Å². The first kappa shape index (κ1) is 19.9. The zero-order chi connectivity index (χ0) is 20.2. The van der Waals surface area contributed by atoms with Crippen molar-refractivity contribution >= 4 is 17.7 Å². The van der Waals surface area contributed by atoms with E-state index >= 15 is 0 Å². The van der Waals surface area contributed by atoms with Crippen LogP contribution in [-0.4, -0.2) is 84.3 Å². The number of likely N-dealkylation sites (tertiary alicyclic amines) is 2. The van der Waals surface area contributed by atoms with Crippen molar-refractivity contribution in [2.75, 3.05) is 45.8 Å². The molecular formula is C22H30N4O3. The van der Waals surface area contributed by atoms with E-state index in [0.29, 0.717) is 44.6 Å². The van der Waals surface area contributed by atoms with E-state index in [9.17, 15) is 14.4 Å². The van der Waals surface area contributed by atoms with Crippen molar-refractivity contribution in [3.8, 4) is 0 Å². The zero-order valence-electron chi connectivity index (χ0n) is 16.9. The Bertz CT molecular complexity index is 746. The van der Waals surface area contributed by atoms with Crippen molar-refractivity contribution in [2.24, 2.45) is 5.92 Å². The number of piperazine rings is 1. The van der Waals surface area contributed by atoms with Crippen LogP contribution in [0, 0.1) is 5.92 Å². The molecule has 3 fully saturated rings. The Hall–Kier alpha value is -2.41. The third-order valence-electron chi connectivity index (χ3n) is 6.43. The highest BCUT2D eigenvalue weighted by Crippen LogP contribution is 2.24. The maximum Gasteiger partial charge on any atom is 0.253 e. The molecule has 3 aliphatic rings. The van der Waals surface area contributed by atoms with Crippen LogP contribution < -0.4 is 5.32 Å². The van der Waals surface area contributed by atoms with E-state index in [-0.39, 0.29) is 29.7 Å².